The van der Waals surface area contributed by atoms with Crippen LogP contribution in [-0.2, 0) is 9.47 Å². The molecule has 0 radical (unpaired) electrons. The molecule has 0 atom stereocenters. The van der Waals surface area contributed by atoms with Gasteiger partial charge in [0.2, 0.25) is 0 Å². The van der Waals surface area contributed by atoms with E-state index in [9.17, 15) is 10.0 Å². The molecule has 0 aliphatic rings. The lowest BCUT2D eigenvalue weighted by Crippen LogP contribution is -2.09. The van der Waals surface area contributed by atoms with Gasteiger partial charge in [0.05, 0.1) is 19.8 Å². The van der Waals surface area contributed by atoms with E-state index in [4.69, 9.17) is 18.9 Å². The lowest BCUT2D eigenvalue weighted by atomic mass is 10.1. The molecule has 0 unspecified atom stereocenters. The maximum atomic E-state index is 12.1. The van der Waals surface area contributed by atoms with Crippen LogP contribution in [0.2, 0.25) is 0 Å². The van der Waals surface area contributed by atoms with Crippen LogP contribution in [0.3, 0.4) is 0 Å². The second-order valence-electron chi connectivity index (χ2n) is 4.55. The molecule has 0 aliphatic heterocycles. The second-order valence-corrected chi connectivity index (χ2v) is 5.78. The summed E-state index contributed by atoms with van der Waals surface area (Å²) in [7, 11) is 4.49. The second kappa shape index (κ2) is 11.4. The van der Waals surface area contributed by atoms with Gasteiger partial charge in [-0.15, -0.1) is 0 Å². The van der Waals surface area contributed by atoms with E-state index in [1.807, 2.05) is 0 Å². The molecule has 0 aliphatic carbocycles. The fourth-order valence-electron chi connectivity index (χ4n) is 1.87. The Kier molecular flexibility index (Phi) is 9.49. The summed E-state index contributed by atoms with van der Waals surface area (Å²) < 4.78 is 20.5. The Morgan fingerprint density at radius 3 is 2.38 bits per heavy atom. The normalized spacial score (nSPS) is 9.79. The minimum atomic E-state index is -0.491. The quantitative estimate of drug-likeness (QED) is 0.363. The summed E-state index contributed by atoms with van der Waals surface area (Å²) >= 11 is 1.69. The van der Waals surface area contributed by atoms with Crippen LogP contribution in [0.25, 0.3) is 5.01 Å². The van der Waals surface area contributed by atoms with Crippen LogP contribution in [0.15, 0.2) is 12.1 Å². The fourth-order valence-corrected chi connectivity index (χ4v) is 2.60. The molecular formula is C16H21NO6S. The van der Waals surface area contributed by atoms with Gasteiger partial charge < -0.3 is 24.2 Å². The van der Waals surface area contributed by atoms with Gasteiger partial charge in [-0.2, -0.15) is 11.8 Å². The minimum absolute atomic E-state index is 0.250. The van der Waals surface area contributed by atoms with E-state index in [0.29, 0.717) is 12.4 Å². The molecule has 1 aromatic rings. The average Bonchev–Trinajstić information content (AvgIpc) is 2.60. The molecule has 1 aromatic carbocycles. The van der Waals surface area contributed by atoms with Crippen LogP contribution in [0.1, 0.15) is 22.3 Å². The summed E-state index contributed by atoms with van der Waals surface area (Å²) in [5, 5.41) is 13.0. The van der Waals surface area contributed by atoms with Gasteiger partial charge in [0.1, 0.15) is 18.1 Å². The standard InChI is InChI=1S/C16H21NO6S/c1-20-5-4-7-24-8-6-23-16(18)12-9-14(21-2)13(11-17-19)15(10-12)22-3/h9-10H,4-8H2,1-3H3. The topological polar surface area (TPSA) is 81.4 Å². The summed E-state index contributed by atoms with van der Waals surface area (Å²) in [6.45, 7) is 1.03. The summed E-state index contributed by atoms with van der Waals surface area (Å²) in [5.41, 5.74) is 0.518. The van der Waals surface area contributed by atoms with Crippen molar-refractivity contribution in [3.05, 3.63) is 33.5 Å². The molecule has 0 fully saturated rings. The molecule has 0 N–H and O–H groups in total. The first kappa shape index (κ1) is 19.9. The highest BCUT2D eigenvalue weighted by Crippen LogP contribution is 2.30. The number of hydrogen-bond acceptors (Lipinski definition) is 7. The van der Waals surface area contributed by atoms with Crippen LogP contribution < -0.4 is 9.47 Å². The fraction of sp³-hybridized carbons (Fsp3) is 0.500. The van der Waals surface area contributed by atoms with Crippen molar-refractivity contribution in [3.63, 3.8) is 0 Å². The van der Waals surface area contributed by atoms with E-state index in [2.05, 4.69) is 11.1 Å². The Labute approximate surface area is 145 Å². The number of hydrogen-bond donors (Lipinski definition) is 0. The number of nitrogens with zero attached hydrogens (tertiary/aromatic N) is 1. The van der Waals surface area contributed by atoms with Gasteiger partial charge >= 0.3 is 12.0 Å². The Morgan fingerprint density at radius 2 is 1.83 bits per heavy atom. The molecule has 0 spiro atoms. The molecule has 0 heterocycles. The number of carbonyl (C=O) groups excluding carboxylic acids is 1. The molecule has 24 heavy (non-hydrogen) atoms. The third-order valence-corrected chi connectivity index (χ3v) is 4.03. The van der Waals surface area contributed by atoms with E-state index in [-0.39, 0.29) is 22.6 Å². The van der Waals surface area contributed by atoms with Crippen LogP contribution in [0, 0.1) is 11.3 Å². The highest BCUT2D eigenvalue weighted by molar-refractivity contribution is 7.99. The number of esters is 1. The predicted molar refractivity (Wildman–Crippen MR) is 93.4 cm³/mol. The molecule has 8 heteroatoms. The highest BCUT2D eigenvalue weighted by atomic mass is 32.2. The Hall–Kier alpha value is -2.11. The lowest BCUT2D eigenvalue weighted by molar-refractivity contribution is 0.0529. The van der Waals surface area contributed by atoms with Gasteiger partial charge in [-0.1, -0.05) is 0 Å². The minimum Gasteiger partial charge on any atom is -0.498 e. The average molecular weight is 355 g/mol. The first-order chi connectivity index (χ1) is 11.7. The van der Waals surface area contributed by atoms with Crippen molar-refractivity contribution < 1.29 is 23.7 Å². The van der Waals surface area contributed by atoms with Crippen molar-refractivity contribution in [3.8, 4) is 17.6 Å². The molecule has 0 bridgehead atoms. The lowest BCUT2D eigenvalue weighted by Gasteiger charge is -2.10. The van der Waals surface area contributed by atoms with Crippen molar-refractivity contribution in [1.29, 1.82) is 0 Å². The molecule has 7 nitrogen and oxygen atoms in total. The largest absolute Gasteiger partial charge is 0.498 e. The van der Waals surface area contributed by atoms with E-state index in [1.54, 1.807) is 18.9 Å². The monoisotopic (exact) mass is 355 g/mol. The van der Waals surface area contributed by atoms with Gasteiger partial charge in [-0.3, -0.25) is 0 Å². The number of ether oxygens (including phenoxy) is 4. The van der Waals surface area contributed by atoms with Crippen LogP contribution in [0.5, 0.6) is 11.5 Å². The maximum absolute atomic E-state index is 12.1. The van der Waals surface area contributed by atoms with Crippen LogP contribution in [-0.4, -0.2) is 52.0 Å². The third-order valence-electron chi connectivity index (χ3n) is 3.00. The summed E-state index contributed by atoms with van der Waals surface area (Å²) in [4.78, 5) is 12.1. The number of methoxy groups -OCH3 is 3. The van der Waals surface area contributed by atoms with E-state index >= 15 is 0 Å². The molecular weight excluding hydrogens is 334 g/mol. The first-order valence-electron chi connectivity index (χ1n) is 7.26. The SMILES string of the molecule is COCCCSCCOC(=O)c1cc(OC)c(C#[N+][O-])c(OC)c1. The summed E-state index contributed by atoms with van der Waals surface area (Å²) in [6, 6.07) is 5.17. The first-order valence-corrected chi connectivity index (χ1v) is 8.41. The highest BCUT2D eigenvalue weighted by Gasteiger charge is 2.19. The molecule has 0 saturated heterocycles. The van der Waals surface area contributed by atoms with E-state index in [0.717, 1.165) is 18.8 Å². The number of carbonyl (C=O) groups is 1. The van der Waals surface area contributed by atoms with Gasteiger partial charge in [0.15, 0.2) is 5.56 Å². The zero-order chi connectivity index (χ0) is 17.8. The maximum Gasteiger partial charge on any atom is 0.344 e. The zero-order valence-electron chi connectivity index (χ0n) is 14.0. The van der Waals surface area contributed by atoms with Crippen molar-refractivity contribution in [2.45, 2.75) is 6.42 Å². The zero-order valence-corrected chi connectivity index (χ0v) is 14.8. The predicted octanol–water partition coefficient (Wildman–Crippen LogP) is 2.81. The number of benzene rings is 1. The van der Waals surface area contributed by atoms with Crippen molar-refractivity contribution in [1.82, 2.24) is 0 Å². The molecule has 0 amide bonds. The van der Waals surface area contributed by atoms with Crippen LogP contribution >= 0.6 is 11.8 Å². The Bertz CT molecular complexity index is 571. The van der Waals surface area contributed by atoms with E-state index < -0.39 is 5.97 Å². The molecule has 0 aromatic heterocycles. The summed E-state index contributed by atoms with van der Waals surface area (Å²) in [6.07, 6.45) is 0.961. The van der Waals surface area contributed by atoms with Crippen molar-refractivity contribution in [2.24, 2.45) is 0 Å². The summed E-state index contributed by atoms with van der Waals surface area (Å²) in [5.74, 6) is 1.68. The van der Waals surface area contributed by atoms with Gasteiger partial charge in [0.25, 0.3) is 0 Å². The third kappa shape index (κ3) is 6.18. The Balaban J connectivity index is 2.65. The smallest absolute Gasteiger partial charge is 0.344 e. The molecule has 132 valence electrons. The van der Waals surface area contributed by atoms with Gasteiger partial charge in [0, 0.05) is 24.5 Å². The molecule has 0 saturated carbocycles. The number of rotatable bonds is 10. The van der Waals surface area contributed by atoms with Crippen molar-refractivity contribution in [2.75, 3.05) is 46.0 Å². The van der Waals surface area contributed by atoms with Gasteiger partial charge in [-0.05, 0) is 24.3 Å². The van der Waals surface area contributed by atoms with E-state index in [1.165, 1.54) is 26.4 Å². The van der Waals surface area contributed by atoms with Crippen LogP contribution in [0.4, 0.5) is 0 Å². The van der Waals surface area contributed by atoms with Crippen molar-refractivity contribution >= 4 is 17.7 Å². The molecule has 1 rings (SSSR count). The number of thioether (sulfide) groups is 1. The Morgan fingerprint density at radius 1 is 1.17 bits per heavy atom. The van der Waals surface area contributed by atoms with Gasteiger partial charge in [-0.25, -0.2) is 4.79 Å².